The zero-order chi connectivity index (χ0) is 11.4. The Morgan fingerprint density at radius 2 is 1.73 bits per heavy atom. The predicted octanol–water partition coefficient (Wildman–Crippen LogP) is 1.10. The lowest BCUT2D eigenvalue weighted by atomic mass is 9.96. The van der Waals surface area contributed by atoms with Crippen molar-refractivity contribution >= 4 is 5.84 Å². The Bertz CT molecular complexity index is 325. The maximum atomic E-state index is 5.58. The first-order valence-corrected chi connectivity index (χ1v) is 5.47. The van der Waals surface area contributed by atoms with Crippen molar-refractivity contribution in [1.82, 2.24) is 0 Å². The first-order valence-electron chi connectivity index (χ1n) is 5.47. The van der Waals surface area contributed by atoms with Crippen LogP contribution in [0.1, 0.15) is 37.8 Å². The van der Waals surface area contributed by atoms with E-state index in [1.807, 2.05) is 6.92 Å². The van der Waals surface area contributed by atoms with Crippen LogP contribution in [0, 0.1) is 5.92 Å². The third kappa shape index (κ3) is 3.39. The fraction of sp³-hybridized carbons (Fsp3) is 0.462. The summed E-state index contributed by atoms with van der Waals surface area (Å²) in [5, 5.41) is 5.58. The summed E-state index contributed by atoms with van der Waals surface area (Å²) in [5.74, 6) is 1.31. The minimum atomic E-state index is 0.137. The molecule has 0 aliphatic heterocycles. The molecule has 1 aromatic rings. The summed E-state index contributed by atoms with van der Waals surface area (Å²) >= 11 is 0. The van der Waals surface area contributed by atoms with Crippen LogP contribution in [0.15, 0.2) is 24.3 Å². The largest absolute Gasteiger partial charge is 0.291 e. The van der Waals surface area contributed by atoms with Gasteiger partial charge in [-0.05, 0) is 30.4 Å². The van der Waals surface area contributed by atoms with E-state index < -0.39 is 0 Å². The predicted molar refractivity (Wildman–Crippen MR) is 64.5 cm³/mol. The van der Waals surface area contributed by atoms with E-state index in [0.29, 0.717) is 11.8 Å². The standard InChI is InChI=1S/C13H20N2/c1-9(2)8-11-4-6-12(7-5-11)10(3)13(14)15/h4-7,9-10H,8H2,1-3H3,(H3,14,15)/p+1/t10-/m1/s1. The highest BCUT2D eigenvalue weighted by Gasteiger charge is 2.12. The number of rotatable bonds is 4. The van der Waals surface area contributed by atoms with Crippen molar-refractivity contribution < 1.29 is 5.41 Å². The molecule has 0 fully saturated rings. The summed E-state index contributed by atoms with van der Waals surface area (Å²) in [7, 11) is 0. The summed E-state index contributed by atoms with van der Waals surface area (Å²) in [6.45, 7) is 6.47. The second-order valence-corrected chi connectivity index (χ2v) is 4.56. The first kappa shape index (κ1) is 11.8. The smallest absolute Gasteiger partial charge is 0.245 e. The summed E-state index contributed by atoms with van der Waals surface area (Å²) in [6.07, 6.45) is 1.12. The molecular formula is C13H21N2+. The molecule has 4 N–H and O–H groups in total. The second-order valence-electron chi connectivity index (χ2n) is 4.56. The molecule has 0 saturated heterocycles. The summed E-state index contributed by atoms with van der Waals surface area (Å²) in [5.41, 5.74) is 8.14. The Morgan fingerprint density at radius 1 is 1.20 bits per heavy atom. The first-order chi connectivity index (χ1) is 7.00. The zero-order valence-electron chi connectivity index (χ0n) is 9.83. The van der Waals surface area contributed by atoms with Gasteiger partial charge in [-0.15, -0.1) is 0 Å². The molecule has 0 aromatic heterocycles. The molecule has 82 valence electrons. The second kappa shape index (κ2) is 4.96. The van der Waals surface area contributed by atoms with Gasteiger partial charge in [0.15, 0.2) is 0 Å². The van der Waals surface area contributed by atoms with Gasteiger partial charge >= 0.3 is 0 Å². The van der Waals surface area contributed by atoms with E-state index in [9.17, 15) is 0 Å². The van der Waals surface area contributed by atoms with Crippen LogP contribution in [-0.2, 0) is 6.42 Å². The van der Waals surface area contributed by atoms with Gasteiger partial charge in [-0.25, -0.2) is 0 Å². The maximum absolute atomic E-state index is 5.58. The molecule has 0 radical (unpaired) electrons. The molecular weight excluding hydrogens is 184 g/mol. The van der Waals surface area contributed by atoms with Gasteiger partial charge in [-0.3, -0.25) is 11.1 Å². The highest BCUT2D eigenvalue weighted by Crippen LogP contribution is 2.16. The molecule has 0 amide bonds. The third-order valence-electron chi connectivity index (χ3n) is 2.62. The SMILES string of the molecule is CC(C)Cc1ccc([C@@H](C)C(N)=[NH2+])cc1. The number of amidine groups is 1. The fourth-order valence-electron chi connectivity index (χ4n) is 1.61. The molecule has 1 atom stereocenters. The summed E-state index contributed by atoms with van der Waals surface area (Å²) in [4.78, 5) is 0. The number of benzene rings is 1. The van der Waals surface area contributed by atoms with Gasteiger partial charge in [0, 0.05) is 0 Å². The molecule has 0 heterocycles. The maximum Gasteiger partial charge on any atom is 0.245 e. The van der Waals surface area contributed by atoms with Gasteiger partial charge in [0.05, 0.1) is 5.92 Å². The Labute approximate surface area is 92.0 Å². The van der Waals surface area contributed by atoms with Crippen LogP contribution >= 0.6 is 0 Å². The van der Waals surface area contributed by atoms with Crippen molar-refractivity contribution in [3.63, 3.8) is 0 Å². The van der Waals surface area contributed by atoms with E-state index in [4.69, 9.17) is 11.1 Å². The van der Waals surface area contributed by atoms with E-state index in [2.05, 4.69) is 38.1 Å². The van der Waals surface area contributed by atoms with Crippen LogP contribution in [0.4, 0.5) is 0 Å². The molecule has 0 bridgehead atoms. The Morgan fingerprint density at radius 3 is 2.13 bits per heavy atom. The van der Waals surface area contributed by atoms with Crippen LogP contribution in [0.5, 0.6) is 0 Å². The third-order valence-corrected chi connectivity index (χ3v) is 2.62. The minimum Gasteiger partial charge on any atom is -0.291 e. The Hall–Kier alpha value is -1.31. The Balaban J connectivity index is 2.76. The van der Waals surface area contributed by atoms with E-state index in [-0.39, 0.29) is 5.92 Å². The van der Waals surface area contributed by atoms with E-state index in [1.165, 1.54) is 11.1 Å². The quantitative estimate of drug-likeness (QED) is 0.561. The van der Waals surface area contributed by atoms with Crippen LogP contribution in [-0.4, -0.2) is 5.84 Å². The van der Waals surface area contributed by atoms with Crippen LogP contribution in [0.3, 0.4) is 0 Å². The van der Waals surface area contributed by atoms with Crippen molar-refractivity contribution in [2.45, 2.75) is 33.1 Å². The molecule has 0 aliphatic carbocycles. The molecule has 0 saturated carbocycles. The lowest BCUT2D eigenvalue weighted by Gasteiger charge is -2.09. The zero-order valence-corrected chi connectivity index (χ0v) is 9.83. The Kier molecular flexibility index (Phi) is 3.89. The van der Waals surface area contributed by atoms with Gasteiger partial charge in [0.1, 0.15) is 0 Å². The molecule has 0 aliphatic rings. The summed E-state index contributed by atoms with van der Waals surface area (Å²) < 4.78 is 0. The number of hydrogen-bond donors (Lipinski definition) is 2. The van der Waals surface area contributed by atoms with Gasteiger partial charge in [-0.2, -0.15) is 0 Å². The summed E-state index contributed by atoms with van der Waals surface area (Å²) in [6, 6.07) is 8.55. The van der Waals surface area contributed by atoms with Crippen molar-refractivity contribution in [1.29, 1.82) is 0 Å². The topological polar surface area (TPSA) is 51.6 Å². The molecule has 15 heavy (non-hydrogen) atoms. The molecule has 2 nitrogen and oxygen atoms in total. The molecule has 2 heteroatoms. The monoisotopic (exact) mass is 205 g/mol. The molecule has 1 aromatic carbocycles. The molecule has 1 rings (SSSR count). The number of hydrogen-bond acceptors (Lipinski definition) is 0. The van der Waals surface area contributed by atoms with Crippen molar-refractivity contribution in [3.8, 4) is 0 Å². The van der Waals surface area contributed by atoms with E-state index >= 15 is 0 Å². The van der Waals surface area contributed by atoms with Gasteiger partial charge in [0.2, 0.25) is 5.84 Å². The number of nitrogens with two attached hydrogens (primary N) is 2. The van der Waals surface area contributed by atoms with Crippen LogP contribution < -0.4 is 11.1 Å². The molecule has 0 unspecified atom stereocenters. The average Bonchev–Trinajstić information content (AvgIpc) is 2.17. The van der Waals surface area contributed by atoms with Crippen LogP contribution in [0.25, 0.3) is 0 Å². The lowest BCUT2D eigenvalue weighted by molar-refractivity contribution is -0.119. The minimum absolute atomic E-state index is 0.137. The van der Waals surface area contributed by atoms with Crippen LogP contribution in [0.2, 0.25) is 0 Å². The average molecular weight is 205 g/mol. The fourth-order valence-corrected chi connectivity index (χ4v) is 1.61. The normalized spacial score (nSPS) is 12.8. The van der Waals surface area contributed by atoms with Gasteiger partial charge in [-0.1, -0.05) is 38.1 Å². The van der Waals surface area contributed by atoms with E-state index in [1.54, 1.807) is 0 Å². The van der Waals surface area contributed by atoms with Crippen molar-refractivity contribution in [2.75, 3.05) is 0 Å². The highest BCUT2D eigenvalue weighted by molar-refractivity contribution is 5.81. The van der Waals surface area contributed by atoms with E-state index in [0.717, 1.165) is 6.42 Å². The van der Waals surface area contributed by atoms with Crippen molar-refractivity contribution in [2.24, 2.45) is 11.7 Å². The highest BCUT2D eigenvalue weighted by atomic mass is 14.7. The molecule has 0 spiro atoms. The lowest BCUT2D eigenvalue weighted by Crippen LogP contribution is -2.48. The van der Waals surface area contributed by atoms with Crippen molar-refractivity contribution in [3.05, 3.63) is 35.4 Å². The van der Waals surface area contributed by atoms with Gasteiger partial charge < -0.3 is 0 Å². The van der Waals surface area contributed by atoms with Gasteiger partial charge in [0.25, 0.3) is 0 Å².